The summed E-state index contributed by atoms with van der Waals surface area (Å²) >= 11 is 0. The molecule has 0 spiro atoms. The lowest BCUT2D eigenvalue weighted by atomic mass is 10.1. The van der Waals surface area contributed by atoms with E-state index >= 15 is 0 Å². The van der Waals surface area contributed by atoms with E-state index in [1.54, 1.807) is 6.21 Å². The standard InChI is InChI=1S/C26H22N6O/c1-17-9-5-6-12-19(17)16-29-32-24(27)22(26(33)28-15-18-10-3-2-4-11-18)23-25(32)31-21-14-8-7-13-20(21)30-23/h2-14,16H,15,27H2,1H3,(H,28,33)/b29-16-. The third-order valence-electron chi connectivity index (χ3n) is 5.50. The van der Waals surface area contributed by atoms with E-state index in [9.17, 15) is 4.79 Å². The number of fused-ring (bicyclic) bond motifs is 2. The number of aryl methyl sites for hydroxylation is 1. The molecule has 0 saturated heterocycles. The first-order valence-electron chi connectivity index (χ1n) is 10.6. The zero-order valence-electron chi connectivity index (χ0n) is 18.1. The molecule has 2 heterocycles. The second-order valence-electron chi connectivity index (χ2n) is 7.73. The van der Waals surface area contributed by atoms with E-state index in [-0.39, 0.29) is 17.3 Å². The summed E-state index contributed by atoms with van der Waals surface area (Å²) in [7, 11) is 0. The summed E-state index contributed by atoms with van der Waals surface area (Å²) in [4.78, 5) is 22.6. The summed E-state index contributed by atoms with van der Waals surface area (Å²) < 4.78 is 1.48. The molecule has 0 atom stereocenters. The predicted molar refractivity (Wildman–Crippen MR) is 131 cm³/mol. The van der Waals surface area contributed by atoms with Gasteiger partial charge in [0.1, 0.15) is 16.9 Å². The number of aromatic nitrogens is 3. The van der Waals surface area contributed by atoms with Crippen molar-refractivity contribution in [2.45, 2.75) is 13.5 Å². The van der Waals surface area contributed by atoms with Crippen molar-refractivity contribution in [3.05, 3.63) is 101 Å². The average Bonchev–Trinajstić information content (AvgIpc) is 3.11. The largest absolute Gasteiger partial charge is 0.383 e. The monoisotopic (exact) mass is 434 g/mol. The lowest BCUT2D eigenvalue weighted by Gasteiger charge is -2.05. The molecule has 0 bridgehead atoms. The fourth-order valence-electron chi connectivity index (χ4n) is 3.71. The smallest absolute Gasteiger partial charge is 0.257 e. The zero-order valence-corrected chi connectivity index (χ0v) is 18.1. The van der Waals surface area contributed by atoms with Crippen LogP contribution in [0, 0.1) is 6.92 Å². The highest BCUT2D eigenvalue weighted by atomic mass is 16.1. The summed E-state index contributed by atoms with van der Waals surface area (Å²) in [6, 6.07) is 25.1. The molecule has 0 fully saturated rings. The van der Waals surface area contributed by atoms with Gasteiger partial charge in [0, 0.05) is 6.54 Å². The number of nitrogens with two attached hydrogens (primary N) is 1. The van der Waals surface area contributed by atoms with Crippen LogP contribution in [-0.2, 0) is 6.54 Å². The highest BCUT2D eigenvalue weighted by Gasteiger charge is 2.24. The second kappa shape index (κ2) is 8.55. The fraction of sp³-hybridized carbons (Fsp3) is 0.0769. The maximum atomic E-state index is 13.2. The topological polar surface area (TPSA) is 98.2 Å². The van der Waals surface area contributed by atoms with Crippen molar-refractivity contribution in [3.63, 3.8) is 0 Å². The Labute approximate surface area is 190 Å². The molecular weight excluding hydrogens is 412 g/mol. The molecule has 0 unspecified atom stereocenters. The molecule has 0 saturated carbocycles. The van der Waals surface area contributed by atoms with Crippen LogP contribution in [-0.4, -0.2) is 26.8 Å². The van der Waals surface area contributed by atoms with Crippen LogP contribution in [0.25, 0.3) is 22.2 Å². The van der Waals surface area contributed by atoms with Crippen LogP contribution in [0.5, 0.6) is 0 Å². The Morgan fingerprint density at radius 2 is 1.64 bits per heavy atom. The lowest BCUT2D eigenvalue weighted by molar-refractivity contribution is 0.0953. The summed E-state index contributed by atoms with van der Waals surface area (Å²) in [6.45, 7) is 2.38. The summed E-state index contributed by atoms with van der Waals surface area (Å²) in [6.07, 6.45) is 1.72. The third-order valence-corrected chi connectivity index (χ3v) is 5.50. The van der Waals surface area contributed by atoms with Gasteiger partial charge in [0.15, 0.2) is 5.65 Å². The van der Waals surface area contributed by atoms with Crippen LogP contribution in [0.4, 0.5) is 5.82 Å². The van der Waals surface area contributed by atoms with Gasteiger partial charge in [-0.2, -0.15) is 9.78 Å². The van der Waals surface area contributed by atoms with Gasteiger partial charge >= 0.3 is 0 Å². The second-order valence-corrected chi connectivity index (χ2v) is 7.73. The van der Waals surface area contributed by atoms with Gasteiger partial charge in [-0.1, -0.05) is 66.7 Å². The number of anilines is 1. The summed E-state index contributed by atoms with van der Waals surface area (Å²) in [5, 5.41) is 7.52. The van der Waals surface area contributed by atoms with E-state index in [2.05, 4.69) is 10.4 Å². The number of hydrogen-bond donors (Lipinski definition) is 2. The van der Waals surface area contributed by atoms with Gasteiger partial charge in [-0.3, -0.25) is 4.79 Å². The Kier molecular flexibility index (Phi) is 5.28. The van der Waals surface area contributed by atoms with Gasteiger partial charge in [0.2, 0.25) is 0 Å². The number of carbonyl (C=O) groups excluding carboxylic acids is 1. The summed E-state index contributed by atoms with van der Waals surface area (Å²) in [5.41, 5.74) is 12.0. The van der Waals surface area contributed by atoms with E-state index in [0.29, 0.717) is 28.7 Å². The Bertz CT molecular complexity index is 1500. The molecule has 33 heavy (non-hydrogen) atoms. The molecule has 5 rings (SSSR count). The molecule has 0 aliphatic carbocycles. The maximum Gasteiger partial charge on any atom is 0.257 e. The van der Waals surface area contributed by atoms with Crippen LogP contribution in [0.3, 0.4) is 0 Å². The number of amides is 1. The van der Waals surface area contributed by atoms with Crippen LogP contribution in [0.2, 0.25) is 0 Å². The highest BCUT2D eigenvalue weighted by molar-refractivity contribution is 6.10. The molecule has 7 nitrogen and oxygen atoms in total. The van der Waals surface area contributed by atoms with E-state index in [1.165, 1.54) is 4.68 Å². The number of carbonyl (C=O) groups is 1. The molecule has 0 radical (unpaired) electrons. The normalized spacial score (nSPS) is 11.4. The third kappa shape index (κ3) is 3.92. The van der Waals surface area contributed by atoms with E-state index in [1.807, 2.05) is 85.8 Å². The van der Waals surface area contributed by atoms with Crippen LogP contribution < -0.4 is 11.1 Å². The minimum Gasteiger partial charge on any atom is -0.383 e. The van der Waals surface area contributed by atoms with Crippen molar-refractivity contribution in [2.75, 3.05) is 5.73 Å². The molecule has 3 aromatic carbocycles. The van der Waals surface area contributed by atoms with E-state index in [4.69, 9.17) is 15.7 Å². The van der Waals surface area contributed by atoms with Gasteiger partial charge in [0.25, 0.3) is 5.91 Å². The summed E-state index contributed by atoms with van der Waals surface area (Å²) in [5.74, 6) is -0.133. The lowest BCUT2D eigenvalue weighted by Crippen LogP contribution is -2.23. The average molecular weight is 435 g/mol. The number of nitrogens with zero attached hydrogens (tertiary/aromatic N) is 4. The van der Waals surface area contributed by atoms with Crippen molar-refractivity contribution in [1.82, 2.24) is 20.0 Å². The van der Waals surface area contributed by atoms with Crippen LogP contribution in [0.1, 0.15) is 27.0 Å². The SMILES string of the molecule is Cc1ccccc1/C=N\n1c(N)c(C(=O)NCc2ccccc2)c2nc3ccccc3nc21. The minimum atomic E-state index is -0.323. The number of hydrogen-bond acceptors (Lipinski definition) is 5. The first-order chi connectivity index (χ1) is 16.1. The van der Waals surface area contributed by atoms with Crippen LogP contribution in [0.15, 0.2) is 84.0 Å². The molecule has 1 amide bonds. The molecule has 5 aromatic rings. The number of benzene rings is 3. The van der Waals surface area contributed by atoms with Gasteiger partial charge in [-0.15, -0.1) is 0 Å². The minimum absolute atomic E-state index is 0.190. The van der Waals surface area contributed by atoms with Gasteiger partial charge in [-0.05, 0) is 35.7 Å². The van der Waals surface area contributed by atoms with E-state index < -0.39 is 0 Å². The Hall–Kier alpha value is -4.52. The van der Waals surface area contributed by atoms with Crippen molar-refractivity contribution >= 4 is 40.1 Å². The Balaban J connectivity index is 1.62. The molecule has 2 aromatic heterocycles. The molecule has 162 valence electrons. The first-order valence-corrected chi connectivity index (χ1v) is 10.6. The van der Waals surface area contributed by atoms with Crippen molar-refractivity contribution in [1.29, 1.82) is 0 Å². The molecule has 7 heteroatoms. The molecule has 0 aliphatic heterocycles. The highest BCUT2D eigenvalue weighted by Crippen LogP contribution is 2.28. The Morgan fingerprint density at radius 3 is 2.39 bits per heavy atom. The van der Waals surface area contributed by atoms with Crippen molar-refractivity contribution < 1.29 is 4.79 Å². The number of rotatable bonds is 5. The van der Waals surface area contributed by atoms with Gasteiger partial charge in [0.05, 0.1) is 17.2 Å². The fourth-order valence-corrected chi connectivity index (χ4v) is 3.71. The van der Waals surface area contributed by atoms with Crippen LogP contribution >= 0.6 is 0 Å². The molecule has 0 aliphatic rings. The van der Waals surface area contributed by atoms with Crippen molar-refractivity contribution in [3.8, 4) is 0 Å². The first kappa shape index (κ1) is 20.4. The maximum absolute atomic E-state index is 13.2. The Morgan fingerprint density at radius 1 is 0.970 bits per heavy atom. The van der Waals surface area contributed by atoms with Gasteiger partial charge in [-0.25, -0.2) is 9.97 Å². The number of nitrogens with one attached hydrogen (secondary N) is 1. The number of para-hydroxylation sites is 2. The van der Waals surface area contributed by atoms with Gasteiger partial charge < -0.3 is 11.1 Å². The zero-order chi connectivity index (χ0) is 22.8. The molecular formula is C26H22N6O. The molecule has 3 N–H and O–H groups in total. The van der Waals surface area contributed by atoms with E-state index in [0.717, 1.165) is 16.7 Å². The van der Waals surface area contributed by atoms with Crippen molar-refractivity contribution in [2.24, 2.45) is 5.10 Å². The quantitative estimate of drug-likeness (QED) is 0.403. The number of nitrogen functional groups attached to an aromatic ring is 1. The predicted octanol–water partition coefficient (Wildman–Crippen LogP) is 4.29.